The summed E-state index contributed by atoms with van der Waals surface area (Å²) in [5, 5.41) is 0. The maximum absolute atomic E-state index is 12.9. The number of oxazole rings is 1. The number of aromatic nitrogens is 1. The van der Waals surface area contributed by atoms with Crippen molar-refractivity contribution in [3.05, 3.63) is 53.8 Å². The molecule has 0 aliphatic heterocycles. The van der Waals surface area contributed by atoms with Crippen LogP contribution in [0.25, 0.3) is 22.6 Å². The minimum Gasteiger partial charge on any atom is -0.436 e. The molecule has 0 N–H and O–H groups in total. The molecule has 3 rings (SSSR count). The SMILES string of the molecule is CC(C)c1ccc2oc(-c3ccc(F)cc3)nc2c1. The summed E-state index contributed by atoms with van der Waals surface area (Å²) in [6.45, 7) is 4.28. The number of halogens is 1. The van der Waals surface area contributed by atoms with Gasteiger partial charge in [0.1, 0.15) is 11.3 Å². The second kappa shape index (κ2) is 4.50. The van der Waals surface area contributed by atoms with Gasteiger partial charge in [0, 0.05) is 5.56 Å². The van der Waals surface area contributed by atoms with Gasteiger partial charge in [0.2, 0.25) is 5.89 Å². The zero-order chi connectivity index (χ0) is 13.4. The minimum absolute atomic E-state index is 0.262. The fraction of sp³-hybridized carbons (Fsp3) is 0.188. The Balaban J connectivity index is 2.08. The molecule has 0 spiro atoms. The Hall–Kier alpha value is -2.16. The van der Waals surface area contributed by atoms with Crippen LogP contribution in [0.1, 0.15) is 25.3 Å². The molecule has 0 saturated heterocycles. The van der Waals surface area contributed by atoms with Gasteiger partial charge in [-0.3, -0.25) is 0 Å². The van der Waals surface area contributed by atoms with Gasteiger partial charge in [-0.25, -0.2) is 9.37 Å². The van der Waals surface area contributed by atoms with Crippen molar-refractivity contribution < 1.29 is 8.81 Å². The lowest BCUT2D eigenvalue weighted by molar-refractivity contribution is 0.616. The van der Waals surface area contributed by atoms with Crippen molar-refractivity contribution in [3.8, 4) is 11.5 Å². The lowest BCUT2D eigenvalue weighted by Crippen LogP contribution is -1.85. The van der Waals surface area contributed by atoms with Crippen LogP contribution >= 0.6 is 0 Å². The topological polar surface area (TPSA) is 26.0 Å². The fourth-order valence-electron chi connectivity index (χ4n) is 2.02. The van der Waals surface area contributed by atoms with Crippen molar-refractivity contribution in [3.63, 3.8) is 0 Å². The number of nitrogens with zero attached hydrogens (tertiary/aromatic N) is 1. The van der Waals surface area contributed by atoms with Gasteiger partial charge in [0.25, 0.3) is 0 Å². The van der Waals surface area contributed by atoms with Crippen molar-refractivity contribution in [1.29, 1.82) is 0 Å². The summed E-state index contributed by atoms with van der Waals surface area (Å²) in [5.74, 6) is 0.716. The summed E-state index contributed by atoms with van der Waals surface area (Å²) >= 11 is 0. The van der Waals surface area contributed by atoms with Crippen LogP contribution in [0, 0.1) is 5.82 Å². The Labute approximate surface area is 110 Å². The van der Waals surface area contributed by atoms with E-state index < -0.39 is 0 Å². The van der Waals surface area contributed by atoms with Crippen LogP contribution in [-0.2, 0) is 0 Å². The summed E-state index contributed by atoms with van der Waals surface area (Å²) in [4.78, 5) is 4.47. The molecule has 0 aliphatic carbocycles. The van der Waals surface area contributed by atoms with Crippen molar-refractivity contribution in [2.75, 3.05) is 0 Å². The fourth-order valence-corrected chi connectivity index (χ4v) is 2.02. The van der Waals surface area contributed by atoms with Gasteiger partial charge in [0.15, 0.2) is 5.58 Å². The smallest absolute Gasteiger partial charge is 0.227 e. The molecule has 3 heteroatoms. The van der Waals surface area contributed by atoms with Crippen molar-refractivity contribution in [2.45, 2.75) is 19.8 Å². The van der Waals surface area contributed by atoms with Crippen molar-refractivity contribution >= 4 is 11.1 Å². The highest BCUT2D eigenvalue weighted by atomic mass is 19.1. The molecule has 2 nitrogen and oxygen atoms in total. The number of rotatable bonds is 2. The van der Waals surface area contributed by atoms with Crippen LogP contribution in [0.2, 0.25) is 0 Å². The highest BCUT2D eigenvalue weighted by Gasteiger charge is 2.09. The Bertz CT molecular complexity index is 713. The van der Waals surface area contributed by atoms with E-state index in [0.717, 1.165) is 16.7 Å². The summed E-state index contributed by atoms with van der Waals surface area (Å²) in [6, 6.07) is 12.2. The maximum atomic E-state index is 12.9. The second-order valence-corrected chi connectivity index (χ2v) is 4.91. The van der Waals surface area contributed by atoms with Gasteiger partial charge >= 0.3 is 0 Å². The predicted octanol–water partition coefficient (Wildman–Crippen LogP) is 4.76. The number of benzene rings is 2. The van der Waals surface area contributed by atoms with Crippen molar-refractivity contribution in [1.82, 2.24) is 4.98 Å². The van der Waals surface area contributed by atoms with E-state index in [-0.39, 0.29) is 5.82 Å². The van der Waals surface area contributed by atoms with Crippen LogP contribution in [0.15, 0.2) is 46.9 Å². The van der Waals surface area contributed by atoms with Gasteiger partial charge in [-0.2, -0.15) is 0 Å². The lowest BCUT2D eigenvalue weighted by atomic mass is 10.0. The first-order chi connectivity index (χ1) is 9.13. The Morgan fingerprint density at radius 1 is 1.05 bits per heavy atom. The molecule has 1 aromatic heterocycles. The summed E-state index contributed by atoms with van der Waals surface area (Å²) in [7, 11) is 0. The molecule has 0 fully saturated rings. The van der Waals surface area contributed by atoms with Gasteiger partial charge < -0.3 is 4.42 Å². The molecule has 3 aromatic rings. The van der Waals surface area contributed by atoms with E-state index in [1.54, 1.807) is 12.1 Å². The Morgan fingerprint density at radius 3 is 2.47 bits per heavy atom. The Kier molecular flexibility index (Phi) is 2.82. The zero-order valence-electron chi connectivity index (χ0n) is 10.9. The molecule has 0 atom stereocenters. The Morgan fingerprint density at radius 2 is 1.79 bits per heavy atom. The van der Waals surface area contributed by atoms with Crippen molar-refractivity contribution in [2.24, 2.45) is 0 Å². The third-order valence-corrected chi connectivity index (χ3v) is 3.17. The van der Waals surface area contributed by atoms with E-state index >= 15 is 0 Å². The van der Waals surface area contributed by atoms with E-state index in [0.29, 0.717) is 11.8 Å². The molecule has 0 aliphatic rings. The van der Waals surface area contributed by atoms with Gasteiger partial charge in [0.05, 0.1) is 0 Å². The second-order valence-electron chi connectivity index (χ2n) is 4.91. The average molecular weight is 255 g/mol. The van der Waals surface area contributed by atoms with E-state index in [9.17, 15) is 4.39 Å². The van der Waals surface area contributed by atoms with Crippen LogP contribution in [0.3, 0.4) is 0 Å². The molecule has 0 radical (unpaired) electrons. The first-order valence-electron chi connectivity index (χ1n) is 6.30. The lowest BCUT2D eigenvalue weighted by Gasteiger charge is -2.02. The predicted molar refractivity (Wildman–Crippen MR) is 73.5 cm³/mol. The molecule has 0 saturated carbocycles. The van der Waals surface area contributed by atoms with Gasteiger partial charge in [-0.1, -0.05) is 19.9 Å². The van der Waals surface area contributed by atoms with E-state index in [2.05, 4.69) is 18.8 Å². The molecule has 2 aromatic carbocycles. The molecular weight excluding hydrogens is 241 g/mol. The molecule has 19 heavy (non-hydrogen) atoms. The standard InChI is InChI=1S/C16H14FNO/c1-10(2)12-5-8-15-14(9-12)18-16(19-15)11-3-6-13(17)7-4-11/h3-10H,1-2H3. The minimum atomic E-state index is -0.262. The third-order valence-electron chi connectivity index (χ3n) is 3.17. The number of fused-ring (bicyclic) bond motifs is 1. The normalized spacial score (nSPS) is 11.4. The molecule has 1 heterocycles. The molecule has 0 unspecified atom stereocenters. The first-order valence-corrected chi connectivity index (χ1v) is 6.30. The van der Waals surface area contributed by atoms with Crippen LogP contribution in [0.5, 0.6) is 0 Å². The highest BCUT2D eigenvalue weighted by Crippen LogP contribution is 2.26. The first kappa shape index (κ1) is 11.9. The molecular formula is C16H14FNO. The monoisotopic (exact) mass is 255 g/mol. The van der Waals surface area contributed by atoms with Gasteiger partial charge in [-0.15, -0.1) is 0 Å². The van der Waals surface area contributed by atoms with Crippen LogP contribution in [-0.4, -0.2) is 4.98 Å². The van der Waals surface area contributed by atoms with Gasteiger partial charge in [-0.05, 0) is 47.9 Å². The molecule has 96 valence electrons. The van der Waals surface area contributed by atoms with Crippen LogP contribution in [0.4, 0.5) is 4.39 Å². The third kappa shape index (κ3) is 2.24. The molecule has 0 bridgehead atoms. The van der Waals surface area contributed by atoms with E-state index in [1.165, 1.54) is 17.7 Å². The summed E-state index contributed by atoms with van der Waals surface area (Å²) in [5.41, 5.74) is 3.60. The van der Waals surface area contributed by atoms with Crippen LogP contribution < -0.4 is 0 Å². The van der Waals surface area contributed by atoms with E-state index in [4.69, 9.17) is 4.42 Å². The highest BCUT2D eigenvalue weighted by molar-refractivity contribution is 5.77. The zero-order valence-corrected chi connectivity index (χ0v) is 10.9. The molecule has 0 amide bonds. The largest absolute Gasteiger partial charge is 0.436 e. The quantitative estimate of drug-likeness (QED) is 0.660. The number of hydrogen-bond donors (Lipinski definition) is 0. The summed E-state index contributed by atoms with van der Waals surface area (Å²) < 4.78 is 18.6. The number of hydrogen-bond acceptors (Lipinski definition) is 2. The average Bonchev–Trinajstić information content (AvgIpc) is 2.82. The summed E-state index contributed by atoms with van der Waals surface area (Å²) in [6.07, 6.45) is 0. The maximum Gasteiger partial charge on any atom is 0.227 e. The van der Waals surface area contributed by atoms with E-state index in [1.807, 2.05) is 18.2 Å².